The molecular formula is C17H15N7OS. The minimum atomic E-state index is -0.269. The topological polar surface area (TPSA) is 109 Å². The fourth-order valence-electron chi connectivity index (χ4n) is 2.78. The van der Waals surface area contributed by atoms with Gasteiger partial charge in [0.2, 0.25) is 5.95 Å². The molecule has 0 unspecified atom stereocenters. The third kappa shape index (κ3) is 2.82. The van der Waals surface area contributed by atoms with Crippen LogP contribution in [0.4, 0.5) is 5.95 Å². The van der Waals surface area contributed by atoms with E-state index in [1.54, 1.807) is 6.20 Å². The Hall–Kier alpha value is -3.20. The van der Waals surface area contributed by atoms with Crippen molar-refractivity contribution in [3.05, 3.63) is 46.4 Å². The Bertz CT molecular complexity index is 1120. The molecule has 26 heavy (non-hydrogen) atoms. The van der Waals surface area contributed by atoms with E-state index in [0.29, 0.717) is 22.2 Å². The van der Waals surface area contributed by atoms with Crippen LogP contribution in [0.2, 0.25) is 0 Å². The lowest BCUT2D eigenvalue weighted by molar-refractivity contribution is 0.102. The quantitative estimate of drug-likeness (QED) is 0.577. The highest BCUT2D eigenvalue weighted by atomic mass is 32.1. The van der Waals surface area contributed by atoms with Crippen molar-refractivity contribution in [3.63, 3.8) is 0 Å². The summed E-state index contributed by atoms with van der Waals surface area (Å²) in [4.78, 5) is 31.4. The number of aryl methyl sites for hydroxylation is 3. The molecule has 2 N–H and O–H groups in total. The molecule has 0 fully saturated rings. The van der Waals surface area contributed by atoms with Crippen molar-refractivity contribution in [2.24, 2.45) is 0 Å². The zero-order valence-corrected chi connectivity index (χ0v) is 15.2. The number of nitrogens with zero attached hydrogens (tertiary/aromatic N) is 5. The van der Waals surface area contributed by atoms with Crippen LogP contribution in [0.25, 0.3) is 21.7 Å². The third-order valence-corrected chi connectivity index (χ3v) is 5.09. The van der Waals surface area contributed by atoms with E-state index in [4.69, 9.17) is 0 Å². The van der Waals surface area contributed by atoms with Crippen LogP contribution in [0.15, 0.2) is 24.4 Å². The van der Waals surface area contributed by atoms with Gasteiger partial charge in [-0.3, -0.25) is 20.2 Å². The number of aromatic nitrogens is 6. The monoisotopic (exact) mass is 365 g/mol. The van der Waals surface area contributed by atoms with Crippen molar-refractivity contribution in [2.75, 3.05) is 5.32 Å². The van der Waals surface area contributed by atoms with Gasteiger partial charge in [-0.05, 0) is 38.5 Å². The molecule has 0 atom stereocenters. The second kappa shape index (κ2) is 6.26. The fraction of sp³-hybridized carbons (Fsp3) is 0.176. The molecule has 0 aliphatic rings. The van der Waals surface area contributed by atoms with Crippen molar-refractivity contribution in [1.82, 2.24) is 30.1 Å². The highest BCUT2D eigenvalue weighted by Gasteiger charge is 2.20. The molecule has 0 spiro atoms. The maximum absolute atomic E-state index is 12.7. The molecule has 8 nitrogen and oxygen atoms in total. The number of nitrogens with one attached hydrogen (secondary N) is 2. The second-order valence-corrected chi connectivity index (χ2v) is 6.77. The van der Waals surface area contributed by atoms with Gasteiger partial charge in [0.1, 0.15) is 16.3 Å². The zero-order valence-electron chi connectivity index (χ0n) is 14.4. The minimum Gasteiger partial charge on any atom is -0.288 e. The Morgan fingerprint density at radius 2 is 2.00 bits per heavy atom. The van der Waals surface area contributed by atoms with E-state index in [-0.39, 0.29) is 11.9 Å². The molecule has 0 saturated carbocycles. The van der Waals surface area contributed by atoms with E-state index in [2.05, 4.69) is 35.5 Å². The zero-order chi connectivity index (χ0) is 18.3. The van der Waals surface area contributed by atoms with Gasteiger partial charge in [-0.25, -0.2) is 9.97 Å². The Kier molecular flexibility index (Phi) is 3.92. The summed E-state index contributed by atoms with van der Waals surface area (Å²) in [5.74, 6) is 1.11. The molecule has 1 amide bonds. The first-order valence-electron chi connectivity index (χ1n) is 7.92. The summed E-state index contributed by atoms with van der Waals surface area (Å²) in [6.07, 6.45) is 1.67. The highest BCUT2D eigenvalue weighted by molar-refractivity contribution is 7.20. The van der Waals surface area contributed by atoms with Crippen molar-refractivity contribution < 1.29 is 4.79 Å². The SMILES string of the molecule is Cc1nc(C)c2c(C)c(C(=O)Nc3n[nH]c(-c4ccccn4)n3)sc2n1. The Morgan fingerprint density at radius 1 is 1.15 bits per heavy atom. The van der Waals surface area contributed by atoms with Gasteiger partial charge in [0.25, 0.3) is 5.91 Å². The summed E-state index contributed by atoms with van der Waals surface area (Å²) < 4.78 is 0. The van der Waals surface area contributed by atoms with E-state index in [9.17, 15) is 4.79 Å². The van der Waals surface area contributed by atoms with E-state index >= 15 is 0 Å². The molecular weight excluding hydrogens is 350 g/mol. The normalized spacial score (nSPS) is 11.0. The number of thiophene rings is 1. The number of hydrogen-bond acceptors (Lipinski definition) is 7. The Morgan fingerprint density at radius 3 is 2.77 bits per heavy atom. The van der Waals surface area contributed by atoms with Crippen molar-refractivity contribution in [3.8, 4) is 11.5 Å². The smallest absolute Gasteiger partial charge is 0.268 e. The van der Waals surface area contributed by atoms with Crippen molar-refractivity contribution >= 4 is 33.4 Å². The molecule has 4 aromatic rings. The maximum Gasteiger partial charge on any atom is 0.268 e. The number of pyridine rings is 1. The summed E-state index contributed by atoms with van der Waals surface area (Å²) >= 11 is 1.34. The van der Waals surface area contributed by atoms with E-state index in [1.165, 1.54) is 11.3 Å². The standard InChI is InChI=1S/C17H15N7OS/c1-8-12-9(2)19-10(3)20-16(12)26-13(8)15(25)22-17-21-14(23-24-17)11-6-4-5-7-18-11/h4-7H,1-3H3,(H2,21,22,23,24,25). The van der Waals surface area contributed by atoms with Crippen LogP contribution in [0.5, 0.6) is 0 Å². The van der Waals surface area contributed by atoms with Gasteiger partial charge in [-0.1, -0.05) is 6.07 Å². The maximum atomic E-state index is 12.7. The van der Waals surface area contributed by atoms with Crippen LogP contribution in [0.3, 0.4) is 0 Å². The molecule has 4 heterocycles. The van der Waals surface area contributed by atoms with Gasteiger partial charge in [-0.15, -0.1) is 16.4 Å². The summed E-state index contributed by atoms with van der Waals surface area (Å²) in [6, 6.07) is 5.49. The van der Waals surface area contributed by atoms with E-state index < -0.39 is 0 Å². The third-order valence-electron chi connectivity index (χ3n) is 3.91. The Labute approximate surface area is 152 Å². The summed E-state index contributed by atoms with van der Waals surface area (Å²) in [5, 5.41) is 10.5. The van der Waals surface area contributed by atoms with Crippen molar-refractivity contribution in [1.29, 1.82) is 0 Å². The lowest BCUT2D eigenvalue weighted by atomic mass is 10.1. The number of amides is 1. The molecule has 4 rings (SSSR count). The van der Waals surface area contributed by atoms with Crippen LogP contribution in [0.1, 0.15) is 26.8 Å². The molecule has 0 aromatic carbocycles. The molecule has 0 bridgehead atoms. The van der Waals surface area contributed by atoms with Crippen LogP contribution >= 0.6 is 11.3 Å². The number of carbonyl (C=O) groups is 1. The van der Waals surface area contributed by atoms with Gasteiger partial charge >= 0.3 is 0 Å². The summed E-state index contributed by atoms with van der Waals surface area (Å²) in [5.41, 5.74) is 2.39. The summed E-state index contributed by atoms with van der Waals surface area (Å²) in [6.45, 7) is 5.66. The van der Waals surface area contributed by atoms with Crippen LogP contribution in [-0.4, -0.2) is 36.0 Å². The number of anilines is 1. The van der Waals surface area contributed by atoms with Gasteiger partial charge in [0.15, 0.2) is 5.82 Å². The summed E-state index contributed by atoms with van der Waals surface area (Å²) in [7, 11) is 0. The predicted octanol–water partition coefficient (Wildman–Crippen LogP) is 3.05. The number of fused-ring (bicyclic) bond motifs is 1. The molecule has 130 valence electrons. The second-order valence-electron chi connectivity index (χ2n) is 5.77. The van der Waals surface area contributed by atoms with Crippen LogP contribution < -0.4 is 5.32 Å². The average molecular weight is 365 g/mol. The largest absolute Gasteiger partial charge is 0.288 e. The van der Waals surface area contributed by atoms with Crippen LogP contribution in [-0.2, 0) is 0 Å². The van der Waals surface area contributed by atoms with Crippen LogP contribution in [0, 0.1) is 20.8 Å². The molecule has 0 radical (unpaired) electrons. The minimum absolute atomic E-state index is 0.200. The first kappa shape index (κ1) is 16.3. The lowest BCUT2D eigenvalue weighted by Gasteiger charge is -2.00. The first-order chi connectivity index (χ1) is 12.5. The molecule has 0 aliphatic carbocycles. The lowest BCUT2D eigenvalue weighted by Crippen LogP contribution is -2.12. The number of H-pyrrole nitrogens is 1. The molecule has 0 saturated heterocycles. The van der Waals surface area contributed by atoms with Gasteiger partial charge in [0.05, 0.1) is 4.88 Å². The number of hydrogen-bond donors (Lipinski definition) is 2. The first-order valence-corrected chi connectivity index (χ1v) is 8.74. The van der Waals surface area contributed by atoms with E-state index in [0.717, 1.165) is 21.5 Å². The number of carbonyl (C=O) groups excluding carboxylic acids is 1. The molecule has 4 aromatic heterocycles. The average Bonchev–Trinajstić information content (AvgIpc) is 3.20. The van der Waals surface area contributed by atoms with Gasteiger partial charge < -0.3 is 0 Å². The van der Waals surface area contributed by atoms with Crippen molar-refractivity contribution in [2.45, 2.75) is 20.8 Å². The predicted molar refractivity (Wildman–Crippen MR) is 99.2 cm³/mol. The number of aromatic amines is 1. The highest BCUT2D eigenvalue weighted by Crippen LogP contribution is 2.31. The van der Waals surface area contributed by atoms with Gasteiger partial charge in [0, 0.05) is 17.3 Å². The van der Waals surface area contributed by atoms with Gasteiger partial charge in [-0.2, -0.15) is 4.98 Å². The molecule has 0 aliphatic heterocycles. The number of rotatable bonds is 3. The fourth-order valence-corrected chi connectivity index (χ4v) is 3.96. The van der Waals surface area contributed by atoms with E-state index in [1.807, 2.05) is 39.0 Å². The Balaban J connectivity index is 1.63. The molecule has 9 heteroatoms.